The summed E-state index contributed by atoms with van der Waals surface area (Å²) in [6.07, 6.45) is -0.0982. The number of benzene rings is 2. The van der Waals surface area contributed by atoms with Gasteiger partial charge in [0.05, 0.1) is 11.6 Å². The molecule has 2 heterocycles. The van der Waals surface area contributed by atoms with Crippen LogP contribution in [0.4, 0.5) is 0 Å². The second kappa shape index (κ2) is 8.58. The number of rotatable bonds is 5. The molecule has 2 aromatic carbocycles. The Balaban J connectivity index is 1.95. The molecule has 0 amide bonds. The largest absolute Gasteiger partial charge is 0.507 e. The fourth-order valence-corrected chi connectivity index (χ4v) is 4.36. The summed E-state index contributed by atoms with van der Waals surface area (Å²) in [5.41, 5.74) is 3.39. The number of nitrogens with one attached hydrogen (secondary N) is 1. The zero-order valence-corrected chi connectivity index (χ0v) is 17.4. The summed E-state index contributed by atoms with van der Waals surface area (Å²) in [5, 5.41) is 23.3. The van der Waals surface area contributed by atoms with Crippen LogP contribution in [0, 0.1) is 0 Å². The third-order valence-electron chi connectivity index (χ3n) is 5.61. The van der Waals surface area contributed by atoms with E-state index in [2.05, 4.69) is 5.43 Å². The second-order valence-corrected chi connectivity index (χ2v) is 7.73. The minimum absolute atomic E-state index is 0.0438. The highest BCUT2D eigenvalue weighted by Crippen LogP contribution is 2.43. The maximum atomic E-state index is 12.9. The minimum atomic E-state index is -0.605. The monoisotopic (exact) mass is 444 g/mol. The summed E-state index contributed by atoms with van der Waals surface area (Å²) < 4.78 is 11.4. The van der Waals surface area contributed by atoms with E-state index < -0.39 is 23.2 Å². The predicted octanol–water partition coefficient (Wildman–Crippen LogP) is 2.99. The molecule has 8 nitrogen and oxygen atoms in total. The standard InChI is InChI=1S/C22H21ClN2O6/c1-24-25-7-6-13(19(10-25)30-11-26)20-15(27)8-16(28)21-17(29)9-18(31-22(20)21)12-4-2-3-5-14(12)23/h2-5,8-9,11,13,19,24,27-28H,6-7,10H2,1H3. The number of hydrogen-bond donors (Lipinski definition) is 3. The average Bonchev–Trinajstić information content (AvgIpc) is 2.74. The Hall–Kier alpha value is -3.07. The van der Waals surface area contributed by atoms with E-state index in [1.54, 1.807) is 31.3 Å². The van der Waals surface area contributed by atoms with Gasteiger partial charge in [-0.1, -0.05) is 23.7 Å². The highest BCUT2D eigenvalue weighted by atomic mass is 35.5. The van der Waals surface area contributed by atoms with Gasteiger partial charge in [-0.2, -0.15) is 0 Å². The lowest BCUT2D eigenvalue weighted by molar-refractivity contribution is -0.138. The van der Waals surface area contributed by atoms with Crippen LogP contribution < -0.4 is 10.9 Å². The van der Waals surface area contributed by atoms with E-state index in [1.807, 2.05) is 5.01 Å². The quantitative estimate of drug-likeness (QED) is 0.515. The Kier molecular flexibility index (Phi) is 5.86. The summed E-state index contributed by atoms with van der Waals surface area (Å²) in [6, 6.07) is 9.26. The number of hydrogen-bond acceptors (Lipinski definition) is 8. The molecule has 3 aromatic rings. The van der Waals surface area contributed by atoms with Gasteiger partial charge in [-0.15, -0.1) is 0 Å². The van der Waals surface area contributed by atoms with E-state index in [0.717, 1.165) is 6.07 Å². The number of carbonyl (C=O) groups excluding carboxylic acids is 1. The summed E-state index contributed by atoms with van der Waals surface area (Å²) in [6.45, 7) is 1.34. The third-order valence-corrected chi connectivity index (χ3v) is 5.94. The Morgan fingerprint density at radius 3 is 2.74 bits per heavy atom. The first kappa shape index (κ1) is 21.2. The first-order valence-corrected chi connectivity index (χ1v) is 10.1. The van der Waals surface area contributed by atoms with Crippen LogP contribution in [-0.2, 0) is 9.53 Å². The first-order valence-electron chi connectivity index (χ1n) is 9.73. The lowest BCUT2D eigenvalue weighted by Crippen LogP contribution is -2.49. The van der Waals surface area contributed by atoms with E-state index in [0.29, 0.717) is 42.1 Å². The molecule has 4 rings (SSSR count). The van der Waals surface area contributed by atoms with Crippen molar-refractivity contribution in [3.63, 3.8) is 0 Å². The van der Waals surface area contributed by atoms with Crippen molar-refractivity contribution >= 4 is 29.0 Å². The van der Waals surface area contributed by atoms with Gasteiger partial charge in [-0.3, -0.25) is 15.0 Å². The Bertz CT molecular complexity index is 1190. The van der Waals surface area contributed by atoms with Crippen LogP contribution in [0.25, 0.3) is 22.3 Å². The fourth-order valence-electron chi connectivity index (χ4n) is 4.13. The molecule has 1 fully saturated rings. The summed E-state index contributed by atoms with van der Waals surface area (Å²) in [4.78, 5) is 24.0. The van der Waals surface area contributed by atoms with E-state index in [9.17, 15) is 19.8 Å². The predicted molar refractivity (Wildman–Crippen MR) is 115 cm³/mol. The molecule has 0 aliphatic carbocycles. The van der Waals surface area contributed by atoms with Gasteiger partial charge in [0.15, 0.2) is 5.43 Å². The second-order valence-electron chi connectivity index (χ2n) is 7.32. The van der Waals surface area contributed by atoms with Gasteiger partial charge in [0.2, 0.25) is 0 Å². The molecule has 1 aliphatic heterocycles. The average molecular weight is 445 g/mol. The zero-order chi connectivity index (χ0) is 22.1. The van der Waals surface area contributed by atoms with Crippen LogP contribution >= 0.6 is 11.6 Å². The molecule has 0 spiro atoms. The van der Waals surface area contributed by atoms with Crippen molar-refractivity contribution in [2.24, 2.45) is 0 Å². The van der Waals surface area contributed by atoms with Crippen molar-refractivity contribution in [1.29, 1.82) is 0 Å². The van der Waals surface area contributed by atoms with Crippen molar-refractivity contribution in [2.75, 3.05) is 20.1 Å². The molecule has 2 unspecified atom stereocenters. The van der Waals surface area contributed by atoms with E-state index >= 15 is 0 Å². The van der Waals surface area contributed by atoms with Crippen LogP contribution in [0.1, 0.15) is 17.9 Å². The van der Waals surface area contributed by atoms with Gasteiger partial charge in [0, 0.05) is 35.7 Å². The van der Waals surface area contributed by atoms with Crippen molar-refractivity contribution in [3.05, 3.63) is 57.2 Å². The highest BCUT2D eigenvalue weighted by molar-refractivity contribution is 6.33. The van der Waals surface area contributed by atoms with Crippen molar-refractivity contribution < 1.29 is 24.2 Å². The molecular weight excluding hydrogens is 424 g/mol. The number of nitrogens with zero attached hydrogens (tertiary/aromatic N) is 1. The summed E-state index contributed by atoms with van der Waals surface area (Å²) in [5.74, 6) is -0.888. The molecule has 0 saturated carbocycles. The molecule has 1 aromatic heterocycles. The molecule has 2 atom stereocenters. The zero-order valence-electron chi connectivity index (χ0n) is 16.7. The van der Waals surface area contributed by atoms with Crippen LogP contribution in [0.15, 0.2) is 45.6 Å². The highest BCUT2D eigenvalue weighted by Gasteiger charge is 2.36. The number of fused-ring (bicyclic) bond motifs is 1. The minimum Gasteiger partial charge on any atom is -0.507 e. The van der Waals surface area contributed by atoms with Gasteiger partial charge >= 0.3 is 0 Å². The van der Waals surface area contributed by atoms with Crippen LogP contribution in [-0.4, -0.2) is 47.9 Å². The molecule has 162 valence electrons. The third kappa shape index (κ3) is 3.85. The van der Waals surface area contributed by atoms with E-state index in [4.69, 9.17) is 20.8 Å². The number of phenols is 2. The molecule has 1 saturated heterocycles. The smallest absolute Gasteiger partial charge is 0.293 e. The topological polar surface area (TPSA) is 112 Å². The number of aromatic hydroxyl groups is 2. The lowest BCUT2D eigenvalue weighted by Gasteiger charge is -2.37. The fraction of sp³-hybridized carbons (Fsp3) is 0.273. The SMILES string of the molecule is CNN1CCC(c2c(O)cc(O)c3c(=O)cc(-c4ccccc4Cl)oc23)C(OC=O)C1. The number of hydrazine groups is 1. The Morgan fingerprint density at radius 1 is 1.26 bits per heavy atom. The van der Waals surface area contributed by atoms with Crippen molar-refractivity contribution in [3.8, 4) is 22.8 Å². The number of phenolic OH excluding ortho intramolecular Hbond substituents is 2. The van der Waals surface area contributed by atoms with Crippen LogP contribution in [0.5, 0.6) is 11.5 Å². The van der Waals surface area contributed by atoms with Crippen LogP contribution in [0.3, 0.4) is 0 Å². The van der Waals surface area contributed by atoms with E-state index in [1.165, 1.54) is 6.07 Å². The number of halogens is 1. The number of piperidine rings is 1. The van der Waals surface area contributed by atoms with Gasteiger partial charge in [-0.05, 0) is 25.6 Å². The molecular formula is C22H21ClN2O6. The Labute approximate surface area is 182 Å². The maximum absolute atomic E-state index is 12.9. The summed E-state index contributed by atoms with van der Waals surface area (Å²) >= 11 is 6.28. The number of ether oxygens (including phenoxy) is 1. The molecule has 0 radical (unpaired) electrons. The molecule has 9 heteroatoms. The van der Waals surface area contributed by atoms with Gasteiger partial charge < -0.3 is 19.4 Å². The van der Waals surface area contributed by atoms with Gasteiger partial charge in [0.25, 0.3) is 6.47 Å². The van der Waals surface area contributed by atoms with Crippen molar-refractivity contribution in [1.82, 2.24) is 10.4 Å². The Morgan fingerprint density at radius 2 is 2.03 bits per heavy atom. The number of carbonyl (C=O) groups is 1. The maximum Gasteiger partial charge on any atom is 0.293 e. The first-order chi connectivity index (χ1) is 14.9. The normalized spacial score (nSPS) is 19.4. The van der Waals surface area contributed by atoms with Crippen molar-refractivity contribution in [2.45, 2.75) is 18.4 Å². The molecule has 0 bridgehead atoms. The molecule has 1 aliphatic rings. The lowest BCUT2D eigenvalue weighted by atomic mass is 9.85. The molecule has 31 heavy (non-hydrogen) atoms. The van der Waals surface area contributed by atoms with Gasteiger partial charge in [0.1, 0.15) is 34.3 Å². The van der Waals surface area contributed by atoms with E-state index in [-0.39, 0.29) is 22.5 Å². The summed E-state index contributed by atoms with van der Waals surface area (Å²) in [7, 11) is 1.76. The van der Waals surface area contributed by atoms with Crippen LogP contribution in [0.2, 0.25) is 5.02 Å². The molecule has 3 N–H and O–H groups in total. The van der Waals surface area contributed by atoms with Gasteiger partial charge in [-0.25, -0.2) is 5.01 Å².